The monoisotopic (exact) mass is 569 g/mol. The maximum Gasteiger partial charge on any atom is 0.277 e. The van der Waals surface area contributed by atoms with Crippen molar-refractivity contribution in [3.63, 3.8) is 0 Å². The molecule has 2 unspecified atom stereocenters. The molecule has 2 heterocycles. The van der Waals surface area contributed by atoms with Crippen LogP contribution in [0, 0.1) is 5.41 Å². The average Bonchev–Trinajstić information content (AvgIpc) is 3.38. The summed E-state index contributed by atoms with van der Waals surface area (Å²) >= 11 is 0. The maximum absolute atomic E-state index is 13.6. The lowest BCUT2D eigenvalue weighted by Crippen LogP contribution is -2.57. The van der Waals surface area contributed by atoms with Crippen molar-refractivity contribution in [2.75, 3.05) is 39.3 Å². The highest BCUT2D eigenvalue weighted by Gasteiger charge is 2.32. The molecule has 2 fully saturated rings. The predicted octanol–water partition coefficient (Wildman–Crippen LogP) is 0.661. The number of nitrogens with one attached hydrogen (secondary N) is 3. The largest absolute Gasteiger partial charge is 0.384 e. The van der Waals surface area contributed by atoms with Gasteiger partial charge >= 0.3 is 0 Å². The second kappa shape index (κ2) is 13.4. The number of nitrogens with zero attached hydrogens (tertiary/aromatic N) is 3. The van der Waals surface area contributed by atoms with Crippen molar-refractivity contribution < 1.29 is 18.0 Å². The molecule has 2 aromatic rings. The molecular formula is C28H39N7O4S. The number of piperazine rings is 1. The van der Waals surface area contributed by atoms with Crippen LogP contribution < -0.4 is 15.2 Å². The zero-order valence-corrected chi connectivity index (χ0v) is 23.7. The first kappa shape index (κ1) is 29.7. The van der Waals surface area contributed by atoms with Gasteiger partial charge in [0.1, 0.15) is 11.9 Å². The van der Waals surface area contributed by atoms with Crippen LogP contribution in [-0.2, 0) is 32.8 Å². The van der Waals surface area contributed by atoms with E-state index in [0.29, 0.717) is 37.3 Å². The molecule has 2 amide bonds. The number of carbonyl (C=O) groups excluding carboxylic acids is 2. The molecule has 2 atom stereocenters. The Labute approximate surface area is 236 Å². The van der Waals surface area contributed by atoms with E-state index in [0.717, 1.165) is 25.9 Å². The SMILES string of the molecule is CC(=O)N1CCN(C(=O)C(Cc2cccc(C(=N)N)c2)NS(=O)(=O)NCC2CCCN2Cc2ccccc2)CC1. The summed E-state index contributed by atoms with van der Waals surface area (Å²) in [6, 6.07) is 16.0. The molecule has 0 radical (unpaired) electrons. The van der Waals surface area contributed by atoms with Crippen LogP contribution in [-0.4, -0.2) is 92.1 Å². The average molecular weight is 570 g/mol. The number of nitrogens with two attached hydrogens (primary N) is 1. The Bertz CT molecular complexity index is 1300. The van der Waals surface area contributed by atoms with Crippen molar-refractivity contribution >= 4 is 27.9 Å². The third-order valence-electron chi connectivity index (χ3n) is 7.55. The van der Waals surface area contributed by atoms with Crippen LogP contribution in [0.4, 0.5) is 0 Å². The molecule has 0 bridgehead atoms. The van der Waals surface area contributed by atoms with Crippen molar-refractivity contribution in [2.45, 2.75) is 44.8 Å². The van der Waals surface area contributed by atoms with E-state index in [1.807, 2.05) is 18.2 Å². The zero-order chi connectivity index (χ0) is 28.7. The van der Waals surface area contributed by atoms with Gasteiger partial charge in [-0.15, -0.1) is 0 Å². The Kier molecular flexibility index (Phi) is 9.90. The normalized spacial score (nSPS) is 19.0. The van der Waals surface area contributed by atoms with E-state index in [4.69, 9.17) is 11.1 Å². The Morgan fingerprint density at radius 1 is 1.00 bits per heavy atom. The van der Waals surface area contributed by atoms with Crippen LogP contribution in [0.25, 0.3) is 0 Å². The Balaban J connectivity index is 1.44. The van der Waals surface area contributed by atoms with E-state index in [1.165, 1.54) is 12.5 Å². The standard InChI is InChI=1S/C28H39N7O4S/c1-21(36)33-13-15-34(16-14-33)28(37)26(18-23-9-5-10-24(17-23)27(29)30)32-40(38,39)31-19-25-11-6-12-35(25)20-22-7-3-2-4-8-22/h2-5,7-10,17,25-26,31-32H,6,11-16,18-20H2,1H3,(H3,29,30). The second-order valence-electron chi connectivity index (χ2n) is 10.4. The minimum atomic E-state index is -4.02. The first-order chi connectivity index (χ1) is 19.1. The summed E-state index contributed by atoms with van der Waals surface area (Å²) in [5.74, 6) is -0.514. The molecule has 0 aromatic heterocycles. The number of nitrogen functional groups attached to an aromatic ring is 1. The van der Waals surface area contributed by atoms with Crippen LogP contribution in [0.15, 0.2) is 54.6 Å². The molecule has 2 aromatic carbocycles. The smallest absolute Gasteiger partial charge is 0.277 e. The fraction of sp³-hybridized carbons (Fsp3) is 0.464. The summed E-state index contributed by atoms with van der Waals surface area (Å²) in [4.78, 5) is 30.9. The van der Waals surface area contributed by atoms with Gasteiger partial charge in [-0.2, -0.15) is 13.1 Å². The molecule has 2 saturated heterocycles. The van der Waals surface area contributed by atoms with Crippen molar-refractivity contribution in [3.8, 4) is 0 Å². The van der Waals surface area contributed by atoms with Gasteiger partial charge in [0.25, 0.3) is 10.2 Å². The van der Waals surface area contributed by atoms with Crippen LogP contribution in [0.1, 0.15) is 36.5 Å². The summed E-state index contributed by atoms with van der Waals surface area (Å²) in [7, 11) is -4.02. The van der Waals surface area contributed by atoms with Gasteiger partial charge in [-0.25, -0.2) is 4.72 Å². The Morgan fingerprint density at radius 2 is 1.68 bits per heavy atom. The van der Waals surface area contributed by atoms with E-state index < -0.39 is 16.3 Å². The number of hydrogen-bond donors (Lipinski definition) is 4. The molecule has 0 aliphatic carbocycles. The molecule has 4 rings (SSSR count). The van der Waals surface area contributed by atoms with Gasteiger partial charge in [0.2, 0.25) is 11.8 Å². The topological polar surface area (TPSA) is 152 Å². The van der Waals surface area contributed by atoms with Gasteiger partial charge in [-0.1, -0.05) is 48.5 Å². The van der Waals surface area contributed by atoms with Crippen LogP contribution in [0.2, 0.25) is 0 Å². The van der Waals surface area contributed by atoms with Crippen LogP contribution in [0.5, 0.6) is 0 Å². The predicted molar refractivity (Wildman–Crippen MR) is 154 cm³/mol. The van der Waals surface area contributed by atoms with Crippen molar-refractivity contribution in [3.05, 3.63) is 71.3 Å². The third kappa shape index (κ3) is 8.10. The summed E-state index contributed by atoms with van der Waals surface area (Å²) < 4.78 is 31.8. The fourth-order valence-corrected chi connectivity index (χ4v) is 6.38. The first-order valence-corrected chi connectivity index (χ1v) is 15.1. The number of likely N-dealkylation sites (tertiary alicyclic amines) is 1. The second-order valence-corrected chi connectivity index (χ2v) is 12.0. The minimum absolute atomic E-state index is 0.0529. The lowest BCUT2D eigenvalue weighted by molar-refractivity contribution is -0.139. The summed E-state index contributed by atoms with van der Waals surface area (Å²) in [6.45, 7) is 4.83. The molecule has 40 heavy (non-hydrogen) atoms. The van der Waals surface area contributed by atoms with Gasteiger partial charge in [-0.3, -0.25) is 19.9 Å². The highest BCUT2D eigenvalue weighted by molar-refractivity contribution is 7.87. The van der Waals surface area contributed by atoms with E-state index in [1.54, 1.807) is 34.1 Å². The lowest BCUT2D eigenvalue weighted by atomic mass is 10.0. The van der Waals surface area contributed by atoms with E-state index in [2.05, 4.69) is 26.5 Å². The van der Waals surface area contributed by atoms with Crippen molar-refractivity contribution in [2.24, 2.45) is 5.73 Å². The Morgan fingerprint density at radius 3 is 2.35 bits per heavy atom. The quantitative estimate of drug-likeness (QED) is 0.231. The molecule has 2 aliphatic heterocycles. The molecular weight excluding hydrogens is 530 g/mol. The first-order valence-electron chi connectivity index (χ1n) is 13.6. The number of amidine groups is 1. The summed E-state index contributed by atoms with van der Waals surface area (Å²) in [5, 5.41) is 7.73. The van der Waals surface area contributed by atoms with Gasteiger partial charge < -0.3 is 15.5 Å². The molecule has 216 valence electrons. The molecule has 12 heteroatoms. The number of rotatable bonds is 11. The van der Waals surface area contributed by atoms with Crippen molar-refractivity contribution in [1.82, 2.24) is 24.1 Å². The lowest BCUT2D eigenvalue weighted by Gasteiger charge is -2.36. The van der Waals surface area contributed by atoms with E-state index in [9.17, 15) is 18.0 Å². The van der Waals surface area contributed by atoms with Gasteiger partial charge in [0.15, 0.2) is 0 Å². The van der Waals surface area contributed by atoms with Gasteiger partial charge in [0.05, 0.1) is 0 Å². The molecule has 2 aliphatic rings. The zero-order valence-electron chi connectivity index (χ0n) is 22.9. The Hall–Kier alpha value is -3.32. The number of hydrogen-bond acceptors (Lipinski definition) is 6. The highest BCUT2D eigenvalue weighted by atomic mass is 32.2. The van der Waals surface area contributed by atoms with Crippen LogP contribution >= 0.6 is 0 Å². The number of benzene rings is 2. The molecule has 5 N–H and O–H groups in total. The van der Waals surface area contributed by atoms with E-state index >= 15 is 0 Å². The van der Waals surface area contributed by atoms with Crippen molar-refractivity contribution in [1.29, 1.82) is 5.41 Å². The third-order valence-corrected chi connectivity index (χ3v) is 8.69. The van der Waals surface area contributed by atoms with Crippen LogP contribution in [0.3, 0.4) is 0 Å². The van der Waals surface area contributed by atoms with Gasteiger partial charge in [0, 0.05) is 57.8 Å². The van der Waals surface area contributed by atoms with Gasteiger partial charge in [-0.05, 0) is 43.0 Å². The maximum atomic E-state index is 13.6. The number of carbonyl (C=O) groups is 2. The fourth-order valence-electron chi connectivity index (χ4n) is 5.33. The molecule has 0 spiro atoms. The summed E-state index contributed by atoms with van der Waals surface area (Å²) in [5.41, 5.74) is 8.00. The minimum Gasteiger partial charge on any atom is -0.384 e. The number of amides is 2. The summed E-state index contributed by atoms with van der Waals surface area (Å²) in [6.07, 6.45) is 1.97. The molecule has 0 saturated carbocycles. The highest BCUT2D eigenvalue weighted by Crippen LogP contribution is 2.20. The molecule has 11 nitrogen and oxygen atoms in total. The van der Waals surface area contributed by atoms with E-state index in [-0.39, 0.29) is 36.7 Å².